The molecule has 9 heteroatoms. The lowest BCUT2D eigenvalue weighted by molar-refractivity contribution is -0.137. The third-order valence-corrected chi connectivity index (χ3v) is 8.14. The van der Waals surface area contributed by atoms with E-state index in [9.17, 15) is 18.8 Å². The second kappa shape index (κ2) is 10.3. The summed E-state index contributed by atoms with van der Waals surface area (Å²) in [5.41, 5.74) is 1.21. The van der Waals surface area contributed by atoms with Crippen LogP contribution >= 0.6 is 11.8 Å². The molecule has 3 amide bonds. The molecule has 2 aromatic rings. The van der Waals surface area contributed by atoms with Crippen LogP contribution in [0.5, 0.6) is 0 Å². The second-order valence-corrected chi connectivity index (χ2v) is 10.2. The Labute approximate surface area is 208 Å². The van der Waals surface area contributed by atoms with Gasteiger partial charge in [-0.05, 0) is 43.5 Å². The molecule has 184 valence electrons. The van der Waals surface area contributed by atoms with Gasteiger partial charge in [-0.3, -0.25) is 14.4 Å². The van der Waals surface area contributed by atoms with Crippen LogP contribution < -0.4 is 9.80 Å². The molecule has 3 aliphatic heterocycles. The summed E-state index contributed by atoms with van der Waals surface area (Å²) in [6.45, 7) is 3.17. The van der Waals surface area contributed by atoms with Gasteiger partial charge in [0, 0.05) is 44.2 Å². The first kappa shape index (κ1) is 23.7. The van der Waals surface area contributed by atoms with Gasteiger partial charge in [0.15, 0.2) is 5.25 Å². The van der Waals surface area contributed by atoms with E-state index in [1.54, 1.807) is 28.0 Å². The molecule has 0 spiro atoms. The number of piperidine rings is 1. The van der Waals surface area contributed by atoms with Crippen LogP contribution in [0.25, 0.3) is 0 Å². The fraction of sp³-hybridized carbons (Fsp3) is 0.423. The summed E-state index contributed by atoms with van der Waals surface area (Å²) in [5.74, 6) is -0.935. The molecule has 2 fully saturated rings. The fourth-order valence-electron chi connectivity index (χ4n) is 4.96. The second-order valence-electron chi connectivity index (χ2n) is 9.10. The summed E-state index contributed by atoms with van der Waals surface area (Å²) in [6.07, 6.45) is 3.01. The lowest BCUT2D eigenvalue weighted by atomic mass is 10.1. The fourth-order valence-corrected chi connectivity index (χ4v) is 6.14. The predicted octanol–water partition coefficient (Wildman–Crippen LogP) is 2.99. The third-order valence-electron chi connectivity index (χ3n) is 6.90. The van der Waals surface area contributed by atoms with Gasteiger partial charge >= 0.3 is 0 Å². The SMILES string of the molecule is O=C(CN1C(=O)[C@@H](C(=O)N2CCCCC2)Sc2ccccc21)N1CCN(c2ccccc2F)CC1. The number of benzene rings is 2. The monoisotopic (exact) mass is 496 g/mol. The minimum atomic E-state index is -0.867. The van der Waals surface area contributed by atoms with Crippen molar-refractivity contribution < 1.29 is 18.8 Å². The minimum absolute atomic E-state index is 0.111. The van der Waals surface area contributed by atoms with Crippen LogP contribution in [-0.2, 0) is 14.4 Å². The summed E-state index contributed by atoms with van der Waals surface area (Å²) in [5, 5.41) is -0.867. The van der Waals surface area contributed by atoms with Crippen LogP contribution in [0.2, 0.25) is 0 Å². The Morgan fingerprint density at radius 2 is 1.49 bits per heavy atom. The van der Waals surface area contributed by atoms with Gasteiger partial charge in [0.2, 0.25) is 11.8 Å². The molecule has 0 N–H and O–H groups in total. The summed E-state index contributed by atoms with van der Waals surface area (Å²) in [4.78, 5) is 47.7. The number of likely N-dealkylation sites (tertiary alicyclic amines) is 1. The molecule has 3 aliphatic rings. The number of fused-ring (bicyclic) bond motifs is 1. The van der Waals surface area contributed by atoms with Crippen LogP contribution in [0.4, 0.5) is 15.8 Å². The van der Waals surface area contributed by atoms with Crippen molar-refractivity contribution in [2.75, 3.05) is 55.6 Å². The highest BCUT2D eigenvalue weighted by molar-refractivity contribution is 8.01. The molecule has 1 atom stereocenters. The smallest absolute Gasteiger partial charge is 0.250 e. The quantitative estimate of drug-likeness (QED) is 0.609. The predicted molar refractivity (Wildman–Crippen MR) is 134 cm³/mol. The van der Waals surface area contributed by atoms with E-state index in [2.05, 4.69) is 0 Å². The maximum absolute atomic E-state index is 14.2. The van der Waals surface area contributed by atoms with Gasteiger partial charge < -0.3 is 19.6 Å². The molecule has 3 heterocycles. The molecule has 2 saturated heterocycles. The molecule has 35 heavy (non-hydrogen) atoms. The van der Waals surface area contributed by atoms with Crippen molar-refractivity contribution in [3.8, 4) is 0 Å². The molecule has 0 saturated carbocycles. The zero-order valence-corrected chi connectivity index (χ0v) is 20.4. The minimum Gasteiger partial charge on any atom is -0.366 e. The molecule has 0 bridgehead atoms. The van der Waals surface area contributed by atoms with Gasteiger partial charge in [0.05, 0.1) is 11.4 Å². The Morgan fingerprint density at radius 1 is 0.829 bits per heavy atom. The summed E-state index contributed by atoms with van der Waals surface area (Å²) in [6, 6.07) is 14.1. The summed E-state index contributed by atoms with van der Waals surface area (Å²) in [7, 11) is 0. The van der Waals surface area contributed by atoms with E-state index in [1.807, 2.05) is 29.2 Å². The lowest BCUT2D eigenvalue weighted by Gasteiger charge is -2.39. The number of hydrogen-bond acceptors (Lipinski definition) is 5. The molecule has 0 aliphatic carbocycles. The molecule has 5 rings (SSSR count). The van der Waals surface area contributed by atoms with Crippen molar-refractivity contribution >= 4 is 40.9 Å². The molecule has 7 nitrogen and oxygen atoms in total. The first-order chi connectivity index (χ1) is 17.0. The maximum atomic E-state index is 14.2. The van der Waals surface area contributed by atoms with Crippen LogP contribution in [0, 0.1) is 5.82 Å². The van der Waals surface area contributed by atoms with Crippen LogP contribution in [0.3, 0.4) is 0 Å². The standard InChI is InChI=1S/C26H29FN4O3S/c27-19-8-2-3-9-20(19)28-14-16-29(17-15-28)23(32)18-31-21-10-4-5-11-22(21)35-24(26(31)34)25(33)30-12-6-1-7-13-30/h2-5,8-11,24H,1,6-7,12-18H2/t24-/m1/s1. The van der Waals surface area contributed by atoms with Crippen LogP contribution in [-0.4, -0.2) is 78.6 Å². The number of para-hydroxylation sites is 2. The lowest BCUT2D eigenvalue weighted by Crippen LogP contribution is -2.55. The average molecular weight is 497 g/mol. The number of carbonyl (C=O) groups is 3. The summed E-state index contributed by atoms with van der Waals surface area (Å²) >= 11 is 1.28. The van der Waals surface area contributed by atoms with E-state index >= 15 is 0 Å². The van der Waals surface area contributed by atoms with Crippen molar-refractivity contribution in [1.82, 2.24) is 9.80 Å². The molecule has 0 aromatic heterocycles. The Hall–Kier alpha value is -3.07. The first-order valence-corrected chi connectivity index (χ1v) is 13.0. The van der Waals surface area contributed by atoms with Crippen molar-refractivity contribution in [3.05, 3.63) is 54.3 Å². The zero-order valence-electron chi connectivity index (χ0n) is 19.6. The van der Waals surface area contributed by atoms with E-state index in [-0.39, 0.29) is 30.1 Å². The first-order valence-electron chi connectivity index (χ1n) is 12.2. The number of nitrogens with zero attached hydrogens (tertiary/aromatic N) is 4. The van der Waals surface area contributed by atoms with Gasteiger partial charge in [-0.2, -0.15) is 0 Å². The number of halogens is 1. The Morgan fingerprint density at radius 3 is 2.20 bits per heavy atom. The number of hydrogen-bond donors (Lipinski definition) is 0. The maximum Gasteiger partial charge on any atom is 0.250 e. The zero-order chi connectivity index (χ0) is 24.4. The molecular formula is C26H29FN4O3S. The molecule has 0 unspecified atom stereocenters. The number of piperazine rings is 1. The van der Waals surface area contributed by atoms with E-state index in [0.29, 0.717) is 50.6 Å². The third kappa shape index (κ3) is 4.87. The number of amides is 3. The van der Waals surface area contributed by atoms with Crippen molar-refractivity contribution in [1.29, 1.82) is 0 Å². The summed E-state index contributed by atoms with van der Waals surface area (Å²) < 4.78 is 14.2. The molecule has 2 aromatic carbocycles. The van der Waals surface area contributed by atoms with Crippen molar-refractivity contribution in [2.45, 2.75) is 29.4 Å². The highest BCUT2D eigenvalue weighted by atomic mass is 32.2. The number of anilines is 2. The normalized spacial score (nSPS) is 20.6. The van der Waals surface area contributed by atoms with Gasteiger partial charge in [0.1, 0.15) is 12.4 Å². The van der Waals surface area contributed by atoms with Crippen LogP contribution in [0.1, 0.15) is 19.3 Å². The number of carbonyl (C=O) groups excluding carboxylic acids is 3. The Kier molecular flexibility index (Phi) is 6.95. The van der Waals surface area contributed by atoms with E-state index in [0.717, 1.165) is 24.2 Å². The van der Waals surface area contributed by atoms with Crippen molar-refractivity contribution in [3.63, 3.8) is 0 Å². The largest absolute Gasteiger partial charge is 0.366 e. The van der Waals surface area contributed by atoms with Crippen molar-refractivity contribution in [2.24, 2.45) is 0 Å². The number of thioether (sulfide) groups is 1. The van der Waals surface area contributed by atoms with E-state index in [1.165, 1.54) is 22.7 Å². The highest BCUT2D eigenvalue weighted by Gasteiger charge is 2.41. The van der Waals surface area contributed by atoms with Crippen LogP contribution in [0.15, 0.2) is 53.4 Å². The number of rotatable bonds is 4. The van der Waals surface area contributed by atoms with Gasteiger partial charge in [0.25, 0.3) is 5.91 Å². The topological polar surface area (TPSA) is 64.2 Å². The molecule has 0 radical (unpaired) electrons. The Balaban J connectivity index is 1.28. The van der Waals surface area contributed by atoms with E-state index in [4.69, 9.17) is 0 Å². The molecular weight excluding hydrogens is 467 g/mol. The van der Waals surface area contributed by atoms with E-state index < -0.39 is 5.25 Å². The van der Waals surface area contributed by atoms with Gasteiger partial charge in [-0.15, -0.1) is 11.8 Å². The highest BCUT2D eigenvalue weighted by Crippen LogP contribution is 2.40. The average Bonchev–Trinajstić information content (AvgIpc) is 2.90. The van der Waals surface area contributed by atoms with Gasteiger partial charge in [-0.1, -0.05) is 24.3 Å². The Bertz CT molecular complexity index is 1120. The van der Waals surface area contributed by atoms with Gasteiger partial charge in [-0.25, -0.2) is 4.39 Å².